The minimum absolute atomic E-state index is 0.0752. The first-order chi connectivity index (χ1) is 11.1. The summed E-state index contributed by atoms with van der Waals surface area (Å²) in [5.41, 5.74) is 2.86. The number of nitrogens with one attached hydrogen (secondary N) is 2. The number of benzene rings is 2. The highest BCUT2D eigenvalue weighted by atomic mass is 16.5. The van der Waals surface area contributed by atoms with Crippen molar-refractivity contribution in [3.8, 4) is 5.75 Å². The molecule has 4 heteroatoms. The van der Waals surface area contributed by atoms with Crippen LogP contribution in [0.5, 0.6) is 5.75 Å². The summed E-state index contributed by atoms with van der Waals surface area (Å²) in [4.78, 5) is 11.9. The van der Waals surface area contributed by atoms with Crippen LogP contribution in [0.1, 0.15) is 25.8 Å². The first-order valence-electron chi connectivity index (χ1n) is 7.94. The first-order valence-corrected chi connectivity index (χ1v) is 7.94. The van der Waals surface area contributed by atoms with Gasteiger partial charge in [-0.1, -0.05) is 24.6 Å². The van der Waals surface area contributed by atoms with Gasteiger partial charge in [-0.25, -0.2) is 0 Å². The van der Waals surface area contributed by atoms with Crippen LogP contribution in [0.2, 0.25) is 0 Å². The molecule has 2 aromatic carbocycles. The Hall–Kier alpha value is -2.49. The van der Waals surface area contributed by atoms with E-state index in [0.717, 1.165) is 23.5 Å². The molecule has 0 aliphatic heterocycles. The minimum atomic E-state index is -0.0752. The van der Waals surface area contributed by atoms with Crippen LogP contribution in [0.25, 0.3) is 0 Å². The van der Waals surface area contributed by atoms with Crippen molar-refractivity contribution in [3.05, 3.63) is 54.1 Å². The summed E-state index contributed by atoms with van der Waals surface area (Å²) < 4.78 is 5.73. The van der Waals surface area contributed by atoms with E-state index in [1.807, 2.05) is 62.4 Å². The Bertz CT molecular complexity index is 621. The monoisotopic (exact) mass is 312 g/mol. The molecule has 1 unspecified atom stereocenters. The van der Waals surface area contributed by atoms with Gasteiger partial charge in [-0.05, 0) is 56.7 Å². The summed E-state index contributed by atoms with van der Waals surface area (Å²) in [5, 5.41) is 5.96. The highest BCUT2D eigenvalue weighted by Gasteiger charge is 2.04. The molecule has 2 rings (SSSR count). The Labute approximate surface area is 137 Å². The molecule has 0 saturated carbocycles. The number of ether oxygens (including phenoxy) is 1. The van der Waals surface area contributed by atoms with Crippen LogP contribution in [0, 0.1) is 6.92 Å². The summed E-state index contributed by atoms with van der Waals surface area (Å²) in [6.45, 7) is 6.37. The molecule has 1 atom stereocenters. The van der Waals surface area contributed by atoms with Crippen LogP contribution in [0.3, 0.4) is 0 Å². The van der Waals surface area contributed by atoms with Gasteiger partial charge in [-0.3, -0.25) is 4.79 Å². The minimum Gasteiger partial charge on any atom is -0.491 e. The standard InChI is InChI=1S/C19H24N2O2/c1-4-15(3)23-18-11-9-16(10-12-18)20-13-19(22)21-17-7-5-14(2)6-8-17/h5-12,15,20H,4,13H2,1-3H3,(H,21,22). The molecule has 0 aliphatic rings. The van der Waals surface area contributed by atoms with Crippen molar-refractivity contribution in [2.45, 2.75) is 33.3 Å². The van der Waals surface area contributed by atoms with Gasteiger partial charge in [0.15, 0.2) is 0 Å². The van der Waals surface area contributed by atoms with Crippen LogP contribution in [0.15, 0.2) is 48.5 Å². The Kier molecular flexibility index (Phi) is 6.03. The zero-order valence-corrected chi connectivity index (χ0v) is 13.9. The fraction of sp³-hybridized carbons (Fsp3) is 0.316. The smallest absolute Gasteiger partial charge is 0.243 e. The fourth-order valence-electron chi connectivity index (χ4n) is 1.99. The lowest BCUT2D eigenvalue weighted by Crippen LogP contribution is -2.21. The zero-order valence-electron chi connectivity index (χ0n) is 13.9. The molecule has 0 aliphatic carbocycles. The van der Waals surface area contributed by atoms with Crippen molar-refractivity contribution in [3.63, 3.8) is 0 Å². The van der Waals surface area contributed by atoms with Crippen molar-refractivity contribution < 1.29 is 9.53 Å². The lowest BCUT2D eigenvalue weighted by molar-refractivity contribution is -0.114. The molecule has 0 heterocycles. The third kappa shape index (κ3) is 5.66. The fourth-order valence-corrected chi connectivity index (χ4v) is 1.99. The SMILES string of the molecule is CCC(C)Oc1ccc(NCC(=O)Nc2ccc(C)cc2)cc1. The van der Waals surface area contributed by atoms with E-state index in [2.05, 4.69) is 17.6 Å². The highest BCUT2D eigenvalue weighted by molar-refractivity contribution is 5.93. The number of hydrogen-bond acceptors (Lipinski definition) is 3. The lowest BCUT2D eigenvalue weighted by Gasteiger charge is -2.13. The molecule has 122 valence electrons. The molecule has 4 nitrogen and oxygen atoms in total. The maximum absolute atomic E-state index is 11.9. The van der Waals surface area contributed by atoms with E-state index in [1.54, 1.807) is 0 Å². The number of carbonyl (C=O) groups excluding carboxylic acids is 1. The number of carbonyl (C=O) groups is 1. The van der Waals surface area contributed by atoms with Crippen LogP contribution in [-0.2, 0) is 4.79 Å². The van der Waals surface area contributed by atoms with Gasteiger partial charge in [0.05, 0.1) is 12.6 Å². The van der Waals surface area contributed by atoms with Crippen molar-refractivity contribution >= 4 is 17.3 Å². The molecule has 0 radical (unpaired) electrons. The zero-order chi connectivity index (χ0) is 16.7. The quantitative estimate of drug-likeness (QED) is 0.804. The van der Waals surface area contributed by atoms with Crippen molar-refractivity contribution in [1.29, 1.82) is 0 Å². The van der Waals surface area contributed by atoms with Crippen LogP contribution in [0.4, 0.5) is 11.4 Å². The number of hydrogen-bond donors (Lipinski definition) is 2. The van der Waals surface area contributed by atoms with E-state index < -0.39 is 0 Å². The maximum Gasteiger partial charge on any atom is 0.243 e. The maximum atomic E-state index is 11.9. The first kappa shape index (κ1) is 16.9. The Morgan fingerprint density at radius 3 is 2.26 bits per heavy atom. The number of anilines is 2. The molecule has 0 bridgehead atoms. The van der Waals surface area contributed by atoms with Gasteiger partial charge in [0.2, 0.25) is 5.91 Å². The van der Waals surface area contributed by atoms with E-state index in [9.17, 15) is 4.79 Å². The topological polar surface area (TPSA) is 50.4 Å². The molecule has 0 spiro atoms. The number of rotatable bonds is 7. The second kappa shape index (κ2) is 8.22. The molecule has 2 aromatic rings. The second-order valence-electron chi connectivity index (χ2n) is 5.63. The Balaban J connectivity index is 1.80. The number of aryl methyl sites for hydroxylation is 1. The van der Waals surface area contributed by atoms with Gasteiger partial charge >= 0.3 is 0 Å². The number of amides is 1. The van der Waals surface area contributed by atoms with E-state index in [4.69, 9.17) is 4.74 Å². The third-order valence-electron chi connectivity index (χ3n) is 3.55. The average molecular weight is 312 g/mol. The molecule has 0 aromatic heterocycles. The average Bonchev–Trinajstić information content (AvgIpc) is 2.56. The lowest BCUT2D eigenvalue weighted by atomic mass is 10.2. The van der Waals surface area contributed by atoms with E-state index in [0.29, 0.717) is 0 Å². The van der Waals surface area contributed by atoms with Crippen LogP contribution < -0.4 is 15.4 Å². The van der Waals surface area contributed by atoms with Crippen molar-refractivity contribution in [2.24, 2.45) is 0 Å². The van der Waals surface area contributed by atoms with E-state index in [-0.39, 0.29) is 18.6 Å². The summed E-state index contributed by atoms with van der Waals surface area (Å²) in [6, 6.07) is 15.4. The van der Waals surface area contributed by atoms with Gasteiger partial charge in [0, 0.05) is 11.4 Å². The van der Waals surface area contributed by atoms with E-state index in [1.165, 1.54) is 5.56 Å². The molecule has 0 fully saturated rings. The molecule has 0 saturated heterocycles. The van der Waals surface area contributed by atoms with Gasteiger partial charge in [0.25, 0.3) is 0 Å². The molecular weight excluding hydrogens is 288 g/mol. The second-order valence-corrected chi connectivity index (χ2v) is 5.63. The van der Waals surface area contributed by atoms with Gasteiger partial charge in [-0.15, -0.1) is 0 Å². The molecule has 23 heavy (non-hydrogen) atoms. The van der Waals surface area contributed by atoms with Crippen LogP contribution >= 0.6 is 0 Å². The predicted molar refractivity (Wildman–Crippen MR) is 95.1 cm³/mol. The Morgan fingerprint density at radius 1 is 1.04 bits per heavy atom. The molecule has 1 amide bonds. The Morgan fingerprint density at radius 2 is 1.65 bits per heavy atom. The third-order valence-corrected chi connectivity index (χ3v) is 3.55. The summed E-state index contributed by atoms with van der Waals surface area (Å²) in [7, 11) is 0. The summed E-state index contributed by atoms with van der Waals surface area (Å²) in [5.74, 6) is 0.766. The summed E-state index contributed by atoms with van der Waals surface area (Å²) >= 11 is 0. The summed E-state index contributed by atoms with van der Waals surface area (Å²) in [6.07, 6.45) is 1.17. The molecular formula is C19H24N2O2. The van der Waals surface area contributed by atoms with Gasteiger partial charge in [0.1, 0.15) is 5.75 Å². The van der Waals surface area contributed by atoms with Crippen LogP contribution in [-0.4, -0.2) is 18.6 Å². The van der Waals surface area contributed by atoms with Gasteiger partial charge < -0.3 is 15.4 Å². The highest BCUT2D eigenvalue weighted by Crippen LogP contribution is 2.17. The normalized spacial score (nSPS) is 11.6. The van der Waals surface area contributed by atoms with Crippen molar-refractivity contribution in [1.82, 2.24) is 0 Å². The predicted octanol–water partition coefficient (Wildman–Crippen LogP) is 4.22. The van der Waals surface area contributed by atoms with Crippen molar-refractivity contribution in [2.75, 3.05) is 17.2 Å². The molecule has 2 N–H and O–H groups in total. The largest absolute Gasteiger partial charge is 0.491 e. The van der Waals surface area contributed by atoms with E-state index >= 15 is 0 Å². The van der Waals surface area contributed by atoms with Gasteiger partial charge in [-0.2, -0.15) is 0 Å².